The molecule has 1 aliphatic rings. The Labute approximate surface area is 173 Å². The molecule has 150 valence electrons. The minimum absolute atomic E-state index is 0.222. The number of hydrogen-bond acceptors (Lipinski definition) is 5. The molecule has 6 nitrogen and oxygen atoms in total. The standard InChI is InChI=1S/C22H21NO5S/c1-14(2)12-23-20(24)19(29-22(23)27)11-15-5-9-18(10-6-15)28-13-16-3-7-17(8-4-16)21(25)26/h3-11,14H,12-13H2,1-2H3,(H,25,26)/b19-11+. The summed E-state index contributed by atoms with van der Waals surface area (Å²) in [6.45, 7) is 4.66. The highest BCUT2D eigenvalue weighted by atomic mass is 32.2. The summed E-state index contributed by atoms with van der Waals surface area (Å²) < 4.78 is 5.71. The summed E-state index contributed by atoms with van der Waals surface area (Å²) >= 11 is 0.959. The first kappa shape index (κ1) is 20.7. The van der Waals surface area contributed by atoms with E-state index in [9.17, 15) is 14.4 Å². The smallest absolute Gasteiger partial charge is 0.335 e. The van der Waals surface area contributed by atoms with Gasteiger partial charge in [-0.2, -0.15) is 0 Å². The lowest BCUT2D eigenvalue weighted by molar-refractivity contribution is -0.123. The predicted octanol–water partition coefficient (Wildman–Crippen LogP) is 4.66. The Bertz CT molecular complexity index is 948. The fraction of sp³-hybridized carbons (Fsp3) is 0.227. The van der Waals surface area contributed by atoms with E-state index in [4.69, 9.17) is 9.84 Å². The molecule has 0 saturated carbocycles. The first-order chi connectivity index (χ1) is 13.8. The van der Waals surface area contributed by atoms with E-state index in [-0.39, 0.29) is 22.6 Å². The van der Waals surface area contributed by atoms with Gasteiger partial charge in [0.25, 0.3) is 11.1 Å². The molecule has 7 heteroatoms. The topological polar surface area (TPSA) is 83.9 Å². The average molecular weight is 411 g/mol. The number of nitrogens with zero attached hydrogens (tertiary/aromatic N) is 1. The molecule has 29 heavy (non-hydrogen) atoms. The largest absolute Gasteiger partial charge is 0.489 e. The van der Waals surface area contributed by atoms with Gasteiger partial charge < -0.3 is 9.84 Å². The van der Waals surface area contributed by atoms with Crippen molar-refractivity contribution in [1.82, 2.24) is 4.90 Å². The molecule has 0 atom stereocenters. The molecule has 1 heterocycles. The van der Waals surface area contributed by atoms with Gasteiger partial charge in [0.2, 0.25) is 0 Å². The van der Waals surface area contributed by atoms with Crippen LogP contribution in [0.5, 0.6) is 5.75 Å². The van der Waals surface area contributed by atoms with Gasteiger partial charge in [0.1, 0.15) is 12.4 Å². The first-order valence-corrected chi connectivity index (χ1v) is 9.95. The maximum atomic E-state index is 12.4. The lowest BCUT2D eigenvalue weighted by atomic mass is 10.1. The third-order valence-electron chi connectivity index (χ3n) is 4.21. The Morgan fingerprint density at radius 1 is 1.10 bits per heavy atom. The molecule has 2 aromatic carbocycles. The molecule has 1 aliphatic heterocycles. The number of ether oxygens (including phenoxy) is 1. The van der Waals surface area contributed by atoms with Crippen LogP contribution in [0.1, 0.15) is 35.3 Å². The van der Waals surface area contributed by atoms with Crippen LogP contribution in [-0.2, 0) is 11.4 Å². The minimum Gasteiger partial charge on any atom is -0.489 e. The molecule has 1 saturated heterocycles. The van der Waals surface area contributed by atoms with Crippen molar-refractivity contribution in [3.05, 3.63) is 70.1 Å². The van der Waals surface area contributed by atoms with Crippen LogP contribution >= 0.6 is 11.8 Å². The number of carboxylic acid groups (broad SMARTS) is 1. The highest BCUT2D eigenvalue weighted by Crippen LogP contribution is 2.32. The summed E-state index contributed by atoms with van der Waals surface area (Å²) in [6, 6.07) is 13.7. The highest BCUT2D eigenvalue weighted by molar-refractivity contribution is 8.18. The zero-order chi connectivity index (χ0) is 21.0. The van der Waals surface area contributed by atoms with E-state index in [2.05, 4.69) is 0 Å². The Kier molecular flexibility index (Phi) is 6.39. The van der Waals surface area contributed by atoms with E-state index in [0.29, 0.717) is 23.8 Å². The summed E-state index contributed by atoms with van der Waals surface area (Å²) in [5.74, 6) is -0.342. The number of carbonyl (C=O) groups excluding carboxylic acids is 2. The number of benzene rings is 2. The van der Waals surface area contributed by atoms with Crippen molar-refractivity contribution in [2.75, 3.05) is 6.54 Å². The number of carbonyl (C=O) groups is 3. The first-order valence-electron chi connectivity index (χ1n) is 9.14. The van der Waals surface area contributed by atoms with Crippen molar-refractivity contribution in [1.29, 1.82) is 0 Å². The normalized spacial score (nSPS) is 15.4. The summed E-state index contributed by atoms with van der Waals surface area (Å²) in [5.41, 5.74) is 1.90. The van der Waals surface area contributed by atoms with Gasteiger partial charge >= 0.3 is 5.97 Å². The summed E-state index contributed by atoms with van der Waals surface area (Å²) in [5, 5.41) is 8.68. The second-order valence-electron chi connectivity index (χ2n) is 7.05. The Hall–Kier alpha value is -3.06. The molecule has 0 bridgehead atoms. The van der Waals surface area contributed by atoms with E-state index in [1.165, 1.54) is 17.0 Å². The third kappa shape index (κ3) is 5.26. The molecule has 0 aromatic heterocycles. The van der Waals surface area contributed by atoms with Crippen molar-refractivity contribution in [3.63, 3.8) is 0 Å². The van der Waals surface area contributed by atoms with Crippen LogP contribution in [0.25, 0.3) is 6.08 Å². The van der Waals surface area contributed by atoms with Crippen LogP contribution in [0.3, 0.4) is 0 Å². The molecule has 0 unspecified atom stereocenters. The maximum Gasteiger partial charge on any atom is 0.335 e. The van der Waals surface area contributed by atoms with Crippen LogP contribution in [0.2, 0.25) is 0 Å². The number of carboxylic acids is 1. The number of aromatic carboxylic acids is 1. The molecule has 3 rings (SSSR count). The molecule has 2 aromatic rings. The van der Waals surface area contributed by atoms with Crippen molar-refractivity contribution >= 4 is 35.0 Å². The molecule has 1 N–H and O–H groups in total. The van der Waals surface area contributed by atoms with Gasteiger partial charge in [-0.15, -0.1) is 0 Å². The molecule has 0 radical (unpaired) electrons. The van der Waals surface area contributed by atoms with Crippen molar-refractivity contribution < 1.29 is 24.2 Å². The average Bonchev–Trinajstić information content (AvgIpc) is 2.95. The zero-order valence-electron chi connectivity index (χ0n) is 16.1. The molecule has 1 fully saturated rings. The molecular weight excluding hydrogens is 390 g/mol. The van der Waals surface area contributed by atoms with Crippen molar-refractivity contribution in [2.45, 2.75) is 20.5 Å². The molecule has 2 amide bonds. The third-order valence-corrected chi connectivity index (χ3v) is 5.11. The van der Waals surface area contributed by atoms with Crippen molar-refractivity contribution in [2.24, 2.45) is 5.92 Å². The molecule has 0 spiro atoms. The van der Waals surface area contributed by atoms with Gasteiger partial charge in [0.15, 0.2) is 0 Å². The number of amides is 2. The fourth-order valence-electron chi connectivity index (χ4n) is 2.74. The quantitative estimate of drug-likeness (QED) is 0.668. The maximum absolute atomic E-state index is 12.4. The monoisotopic (exact) mass is 411 g/mol. The van der Waals surface area contributed by atoms with Gasteiger partial charge in [-0.1, -0.05) is 38.1 Å². The number of imide groups is 1. The Morgan fingerprint density at radius 3 is 2.34 bits per heavy atom. The van der Waals surface area contributed by atoms with Gasteiger partial charge in [-0.05, 0) is 59.1 Å². The summed E-state index contributed by atoms with van der Waals surface area (Å²) in [4.78, 5) is 37.0. The van der Waals surface area contributed by atoms with Gasteiger partial charge in [-0.25, -0.2) is 4.79 Å². The lowest BCUT2D eigenvalue weighted by Gasteiger charge is -2.14. The van der Waals surface area contributed by atoms with Crippen LogP contribution in [0.4, 0.5) is 4.79 Å². The van der Waals surface area contributed by atoms with E-state index in [0.717, 1.165) is 22.9 Å². The number of thioether (sulfide) groups is 1. The van der Waals surface area contributed by atoms with E-state index in [1.807, 2.05) is 26.0 Å². The van der Waals surface area contributed by atoms with Crippen LogP contribution in [-0.4, -0.2) is 33.7 Å². The predicted molar refractivity (Wildman–Crippen MR) is 112 cm³/mol. The molecule has 0 aliphatic carbocycles. The van der Waals surface area contributed by atoms with E-state index < -0.39 is 5.97 Å². The molecular formula is C22H21NO5S. The summed E-state index contributed by atoms with van der Waals surface area (Å²) in [7, 11) is 0. The van der Waals surface area contributed by atoms with Crippen LogP contribution < -0.4 is 4.74 Å². The van der Waals surface area contributed by atoms with E-state index >= 15 is 0 Å². The SMILES string of the molecule is CC(C)CN1C(=O)S/C(=C/c2ccc(OCc3ccc(C(=O)O)cc3)cc2)C1=O. The van der Waals surface area contributed by atoms with Gasteiger partial charge in [-0.3, -0.25) is 14.5 Å². The summed E-state index contributed by atoms with van der Waals surface area (Å²) in [6.07, 6.45) is 1.71. The second-order valence-corrected chi connectivity index (χ2v) is 8.04. The fourth-order valence-corrected chi connectivity index (χ4v) is 3.59. The Morgan fingerprint density at radius 2 is 1.76 bits per heavy atom. The van der Waals surface area contributed by atoms with Gasteiger partial charge in [0.05, 0.1) is 10.5 Å². The number of rotatable bonds is 7. The van der Waals surface area contributed by atoms with Crippen LogP contribution in [0.15, 0.2) is 53.4 Å². The van der Waals surface area contributed by atoms with Crippen LogP contribution in [0, 0.1) is 5.92 Å². The zero-order valence-corrected chi connectivity index (χ0v) is 16.9. The second kappa shape index (κ2) is 8.96. The van der Waals surface area contributed by atoms with E-state index in [1.54, 1.807) is 30.3 Å². The highest BCUT2D eigenvalue weighted by Gasteiger charge is 2.35. The minimum atomic E-state index is -0.963. The van der Waals surface area contributed by atoms with Crippen molar-refractivity contribution in [3.8, 4) is 5.75 Å². The number of hydrogen-bond donors (Lipinski definition) is 1. The lowest BCUT2D eigenvalue weighted by Crippen LogP contribution is -2.31. The Balaban J connectivity index is 1.61. The van der Waals surface area contributed by atoms with Gasteiger partial charge in [0, 0.05) is 6.54 Å².